The van der Waals surface area contributed by atoms with Gasteiger partial charge < -0.3 is 9.80 Å². The molecule has 8 nitrogen and oxygen atoms in total. The van der Waals surface area contributed by atoms with Crippen molar-refractivity contribution in [2.24, 2.45) is 0 Å². The topological polar surface area (TPSA) is 82.5 Å². The lowest BCUT2D eigenvalue weighted by atomic mass is 10.0. The Morgan fingerprint density at radius 1 is 0.972 bits per heavy atom. The fourth-order valence-corrected chi connectivity index (χ4v) is 7.33. The van der Waals surface area contributed by atoms with E-state index in [0.717, 1.165) is 62.0 Å². The minimum Gasteiger partial charge on any atom is -0.345 e. The Labute approximate surface area is 217 Å². The van der Waals surface area contributed by atoms with Gasteiger partial charge in [0.05, 0.1) is 16.0 Å². The molecule has 0 radical (unpaired) electrons. The fourth-order valence-electron chi connectivity index (χ4n) is 4.83. The molecule has 4 heterocycles. The average molecular weight is 527 g/mol. The summed E-state index contributed by atoms with van der Waals surface area (Å²) in [6, 6.07) is 6.42. The van der Waals surface area contributed by atoms with E-state index in [1.165, 1.54) is 21.4 Å². The third-order valence-electron chi connectivity index (χ3n) is 6.84. The maximum absolute atomic E-state index is 12.4. The smallest absolute Gasteiger partial charge is 0.225 e. The second kappa shape index (κ2) is 10.8. The van der Waals surface area contributed by atoms with Crippen LogP contribution in [0.3, 0.4) is 0 Å². The van der Waals surface area contributed by atoms with E-state index in [9.17, 15) is 8.42 Å². The zero-order chi connectivity index (χ0) is 25.1. The highest BCUT2D eigenvalue weighted by molar-refractivity contribution is 7.89. The number of nitrogens with zero attached hydrogens (tertiary/aromatic N) is 6. The van der Waals surface area contributed by atoms with Crippen molar-refractivity contribution < 1.29 is 8.42 Å². The lowest BCUT2D eigenvalue weighted by molar-refractivity contribution is 0.440. The molecule has 2 aliphatic rings. The van der Waals surface area contributed by atoms with Crippen molar-refractivity contribution in [2.45, 2.75) is 39.5 Å². The van der Waals surface area contributed by atoms with Crippen molar-refractivity contribution in [3.8, 4) is 0 Å². The van der Waals surface area contributed by atoms with Crippen LogP contribution >= 0.6 is 11.3 Å². The molecule has 0 atom stereocenters. The molecule has 1 aromatic carbocycles. The Kier molecular flexibility index (Phi) is 7.55. The van der Waals surface area contributed by atoms with Crippen LogP contribution in [0.1, 0.15) is 44.2 Å². The summed E-state index contributed by atoms with van der Waals surface area (Å²) >= 11 is 1.73. The minimum atomic E-state index is -3.15. The molecule has 0 bridgehead atoms. The highest BCUT2D eigenvalue weighted by Gasteiger charge is 2.24. The largest absolute Gasteiger partial charge is 0.345 e. The van der Waals surface area contributed by atoms with Crippen LogP contribution in [0.25, 0.3) is 15.8 Å². The molecule has 3 aromatic rings. The van der Waals surface area contributed by atoms with Crippen molar-refractivity contribution in [3.05, 3.63) is 47.8 Å². The van der Waals surface area contributed by atoms with E-state index in [0.29, 0.717) is 19.5 Å². The van der Waals surface area contributed by atoms with Gasteiger partial charge in [0.2, 0.25) is 16.0 Å². The molecule has 0 saturated carbocycles. The number of sulfonamides is 1. The van der Waals surface area contributed by atoms with E-state index in [2.05, 4.69) is 51.0 Å². The standard InChI is InChI=1S/C26H34N6O2S2/c1-3-5-20-18-27-25(28-19-20)30-12-14-31(15-13-30)26-29-23-7-6-22(17-24(23)35-26)21-8-10-32(11-9-21)36(33,34)16-4-2/h6-8,17-19H,3-5,9-16H2,1-2H3. The first-order valence-corrected chi connectivity index (χ1v) is 15.3. The molecule has 192 valence electrons. The molecule has 5 rings (SSSR count). The highest BCUT2D eigenvalue weighted by Crippen LogP contribution is 2.33. The zero-order valence-electron chi connectivity index (χ0n) is 21.1. The molecule has 0 amide bonds. The minimum absolute atomic E-state index is 0.221. The molecular formula is C26H34N6O2S2. The van der Waals surface area contributed by atoms with Crippen molar-refractivity contribution in [1.29, 1.82) is 0 Å². The summed E-state index contributed by atoms with van der Waals surface area (Å²) in [6.07, 6.45) is 9.47. The Balaban J connectivity index is 1.24. The van der Waals surface area contributed by atoms with Crippen LogP contribution < -0.4 is 9.80 Å². The fraction of sp³-hybridized carbons (Fsp3) is 0.500. The predicted octanol–water partition coefficient (Wildman–Crippen LogP) is 4.19. The van der Waals surface area contributed by atoms with E-state index in [4.69, 9.17) is 4.98 Å². The van der Waals surface area contributed by atoms with Crippen LogP contribution in [0.2, 0.25) is 0 Å². The molecule has 36 heavy (non-hydrogen) atoms. The lowest BCUT2D eigenvalue weighted by Crippen LogP contribution is -2.47. The molecular weight excluding hydrogens is 492 g/mol. The second-order valence-corrected chi connectivity index (χ2v) is 12.5. The summed E-state index contributed by atoms with van der Waals surface area (Å²) < 4.78 is 27.5. The SMILES string of the molecule is CCCc1cnc(N2CCN(c3nc4ccc(C5=CCN(S(=O)(=O)CCC)CC5)cc4s3)CC2)nc1. The van der Waals surface area contributed by atoms with Crippen LogP contribution in [0.4, 0.5) is 11.1 Å². The van der Waals surface area contributed by atoms with E-state index in [1.807, 2.05) is 19.3 Å². The van der Waals surface area contributed by atoms with Crippen LogP contribution in [-0.2, 0) is 16.4 Å². The number of anilines is 2. The van der Waals surface area contributed by atoms with Gasteiger partial charge in [-0.1, -0.05) is 43.7 Å². The van der Waals surface area contributed by atoms with E-state index in [1.54, 1.807) is 15.6 Å². The normalized spacial score (nSPS) is 17.6. The van der Waals surface area contributed by atoms with Gasteiger partial charge in [-0.3, -0.25) is 0 Å². The highest BCUT2D eigenvalue weighted by atomic mass is 32.2. The number of aryl methyl sites for hydroxylation is 1. The van der Waals surface area contributed by atoms with Crippen LogP contribution in [0, 0.1) is 0 Å². The summed E-state index contributed by atoms with van der Waals surface area (Å²) in [4.78, 5) is 18.7. The van der Waals surface area contributed by atoms with Gasteiger partial charge in [0.15, 0.2) is 5.13 Å². The van der Waals surface area contributed by atoms with Gasteiger partial charge in [-0.15, -0.1) is 0 Å². The number of rotatable bonds is 8. The number of hydrogen-bond acceptors (Lipinski definition) is 8. The first-order valence-electron chi connectivity index (χ1n) is 12.9. The monoisotopic (exact) mass is 526 g/mol. The lowest BCUT2D eigenvalue weighted by Gasteiger charge is -2.34. The van der Waals surface area contributed by atoms with E-state index in [-0.39, 0.29) is 5.75 Å². The number of benzene rings is 1. The maximum Gasteiger partial charge on any atom is 0.225 e. The molecule has 0 spiro atoms. The van der Waals surface area contributed by atoms with Gasteiger partial charge in [0, 0.05) is 51.7 Å². The van der Waals surface area contributed by atoms with Gasteiger partial charge >= 0.3 is 0 Å². The number of thiazole rings is 1. The summed E-state index contributed by atoms with van der Waals surface area (Å²) in [6.45, 7) is 8.60. The van der Waals surface area contributed by atoms with Crippen molar-refractivity contribution in [2.75, 3.05) is 54.8 Å². The first-order chi connectivity index (χ1) is 17.5. The van der Waals surface area contributed by atoms with E-state index >= 15 is 0 Å². The van der Waals surface area contributed by atoms with Crippen molar-refractivity contribution in [3.63, 3.8) is 0 Å². The second-order valence-electron chi connectivity index (χ2n) is 9.45. The maximum atomic E-state index is 12.4. The molecule has 10 heteroatoms. The average Bonchev–Trinajstić information content (AvgIpc) is 3.33. The molecule has 0 aliphatic carbocycles. The van der Waals surface area contributed by atoms with Crippen molar-refractivity contribution >= 4 is 48.2 Å². The van der Waals surface area contributed by atoms with Crippen LogP contribution in [0.15, 0.2) is 36.7 Å². The summed E-state index contributed by atoms with van der Waals surface area (Å²) in [5.74, 6) is 1.03. The van der Waals surface area contributed by atoms with Crippen LogP contribution in [0.5, 0.6) is 0 Å². The molecule has 2 aromatic heterocycles. The molecule has 0 N–H and O–H groups in total. The Bertz CT molecular complexity index is 1330. The predicted molar refractivity (Wildman–Crippen MR) is 148 cm³/mol. The Hall–Kier alpha value is -2.56. The Morgan fingerprint density at radius 2 is 1.72 bits per heavy atom. The molecule has 1 saturated heterocycles. The van der Waals surface area contributed by atoms with Gasteiger partial charge in [0.1, 0.15) is 0 Å². The van der Waals surface area contributed by atoms with Gasteiger partial charge in [-0.2, -0.15) is 4.31 Å². The van der Waals surface area contributed by atoms with Crippen molar-refractivity contribution in [1.82, 2.24) is 19.3 Å². The zero-order valence-corrected chi connectivity index (χ0v) is 22.7. The third kappa shape index (κ3) is 5.40. The van der Waals surface area contributed by atoms with Gasteiger partial charge in [0.25, 0.3) is 0 Å². The Morgan fingerprint density at radius 3 is 2.39 bits per heavy atom. The first kappa shape index (κ1) is 25.1. The quantitative estimate of drug-likeness (QED) is 0.435. The number of aromatic nitrogens is 3. The number of fused-ring (bicyclic) bond motifs is 1. The van der Waals surface area contributed by atoms with Gasteiger partial charge in [-0.05, 0) is 48.1 Å². The summed E-state index contributed by atoms with van der Waals surface area (Å²) in [7, 11) is -3.15. The molecule has 1 fully saturated rings. The number of piperazine rings is 1. The molecule has 2 aliphatic heterocycles. The number of hydrogen-bond donors (Lipinski definition) is 0. The van der Waals surface area contributed by atoms with Crippen LogP contribution in [-0.4, -0.2) is 72.7 Å². The summed E-state index contributed by atoms with van der Waals surface area (Å²) in [5, 5.41) is 1.05. The third-order valence-corrected chi connectivity index (χ3v) is 9.96. The summed E-state index contributed by atoms with van der Waals surface area (Å²) in [5.41, 5.74) is 4.59. The van der Waals surface area contributed by atoms with Gasteiger partial charge in [-0.25, -0.2) is 23.4 Å². The molecule has 0 unspecified atom stereocenters. The van der Waals surface area contributed by atoms with E-state index < -0.39 is 10.0 Å².